The first-order chi connectivity index (χ1) is 8.69. The zero-order valence-corrected chi connectivity index (χ0v) is 12.0. The van der Waals surface area contributed by atoms with Crippen molar-refractivity contribution in [3.63, 3.8) is 0 Å². The highest BCUT2D eigenvalue weighted by Gasteiger charge is 2.02. The molecule has 2 aromatic rings. The van der Waals surface area contributed by atoms with Crippen LogP contribution in [0.3, 0.4) is 0 Å². The van der Waals surface area contributed by atoms with Crippen molar-refractivity contribution in [1.82, 2.24) is 15.3 Å². The number of aryl methyl sites for hydroxylation is 1. The molecule has 0 fully saturated rings. The van der Waals surface area contributed by atoms with Crippen LogP contribution in [0.2, 0.25) is 0 Å². The fourth-order valence-electron chi connectivity index (χ4n) is 1.57. The fourth-order valence-corrected chi connectivity index (χ4v) is 2.16. The molecule has 0 aliphatic rings. The van der Waals surface area contributed by atoms with Crippen LogP contribution in [-0.4, -0.2) is 17.0 Å². The predicted octanol–water partition coefficient (Wildman–Crippen LogP) is 3.01. The van der Waals surface area contributed by atoms with Gasteiger partial charge >= 0.3 is 0 Å². The summed E-state index contributed by atoms with van der Waals surface area (Å²) >= 11 is 3.54. The third-order valence-corrected chi connectivity index (χ3v) is 3.08. The SMILES string of the molecule is CNCc1nccc(Nc2ccc(C)cc2Br)n1. The molecule has 0 atom stereocenters. The van der Waals surface area contributed by atoms with Crippen molar-refractivity contribution in [3.05, 3.63) is 46.3 Å². The van der Waals surface area contributed by atoms with Crippen molar-refractivity contribution in [3.8, 4) is 0 Å². The second kappa shape index (κ2) is 5.93. The first-order valence-electron chi connectivity index (χ1n) is 5.69. The summed E-state index contributed by atoms with van der Waals surface area (Å²) in [6.45, 7) is 2.72. The maximum atomic E-state index is 4.42. The Morgan fingerprint density at radius 3 is 2.83 bits per heavy atom. The van der Waals surface area contributed by atoms with Crippen LogP contribution in [0.15, 0.2) is 34.9 Å². The Labute approximate surface area is 115 Å². The van der Waals surface area contributed by atoms with Crippen LogP contribution in [0.4, 0.5) is 11.5 Å². The summed E-state index contributed by atoms with van der Waals surface area (Å²) in [5, 5.41) is 6.30. The molecule has 0 radical (unpaired) electrons. The standard InChI is InChI=1S/C13H15BrN4/c1-9-3-4-11(10(14)7-9)17-12-5-6-16-13(18-12)8-15-2/h3-7,15H,8H2,1-2H3,(H,16,17,18). The number of nitrogens with zero attached hydrogens (tertiary/aromatic N) is 2. The highest BCUT2D eigenvalue weighted by Crippen LogP contribution is 2.25. The third-order valence-electron chi connectivity index (χ3n) is 2.43. The number of anilines is 2. The molecule has 1 heterocycles. The lowest BCUT2D eigenvalue weighted by Gasteiger charge is -2.09. The van der Waals surface area contributed by atoms with E-state index in [1.165, 1.54) is 5.56 Å². The number of nitrogens with one attached hydrogen (secondary N) is 2. The van der Waals surface area contributed by atoms with Gasteiger partial charge in [-0.1, -0.05) is 6.07 Å². The Bertz CT molecular complexity index is 542. The van der Waals surface area contributed by atoms with Crippen LogP contribution < -0.4 is 10.6 Å². The monoisotopic (exact) mass is 306 g/mol. The molecule has 1 aromatic heterocycles. The Hall–Kier alpha value is -1.46. The van der Waals surface area contributed by atoms with Gasteiger partial charge in [-0.25, -0.2) is 9.97 Å². The molecule has 0 bridgehead atoms. The molecule has 0 saturated carbocycles. The van der Waals surface area contributed by atoms with E-state index in [1.807, 2.05) is 19.2 Å². The lowest BCUT2D eigenvalue weighted by Crippen LogP contribution is -2.09. The minimum Gasteiger partial charge on any atom is -0.339 e. The number of hydrogen-bond acceptors (Lipinski definition) is 4. The number of halogens is 1. The quantitative estimate of drug-likeness (QED) is 0.911. The molecule has 0 aliphatic heterocycles. The Kier molecular flexibility index (Phi) is 4.28. The molecule has 0 amide bonds. The first-order valence-corrected chi connectivity index (χ1v) is 6.48. The van der Waals surface area contributed by atoms with E-state index < -0.39 is 0 Å². The van der Waals surface area contributed by atoms with Crippen molar-refractivity contribution >= 4 is 27.4 Å². The first kappa shape index (κ1) is 13.0. The van der Waals surface area contributed by atoms with Gasteiger partial charge < -0.3 is 10.6 Å². The van der Waals surface area contributed by atoms with Crippen LogP contribution in [0.5, 0.6) is 0 Å². The fraction of sp³-hybridized carbons (Fsp3) is 0.231. The van der Waals surface area contributed by atoms with Gasteiger partial charge in [0.2, 0.25) is 0 Å². The summed E-state index contributed by atoms with van der Waals surface area (Å²) in [6, 6.07) is 8.01. The lowest BCUT2D eigenvalue weighted by molar-refractivity contribution is 0.759. The number of benzene rings is 1. The van der Waals surface area contributed by atoms with Crippen molar-refractivity contribution in [2.45, 2.75) is 13.5 Å². The highest BCUT2D eigenvalue weighted by molar-refractivity contribution is 9.10. The summed E-state index contributed by atoms with van der Waals surface area (Å²) < 4.78 is 1.02. The van der Waals surface area contributed by atoms with Crippen molar-refractivity contribution in [1.29, 1.82) is 0 Å². The molecule has 0 spiro atoms. The molecule has 2 N–H and O–H groups in total. The molecular formula is C13H15BrN4. The van der Waals surface area contributed by atoms with Gasteiger partial charge in [-0.15, -0.1) is 0 Å². The van der Waals surface area contributed by atoms with Crippen LogP contribution in [0.1, 0.15) is 11.4 Å². The maximum absolute atomic E-state index is 4.42. The topological polar surface area (TPSA) is 49.8 Å². The zero-order chi connectivity index (χ0) is 13.0. The molecule has 5 heteroatoms. The minimum absolute atomic E-state index is 0.657. The second-order valence-electron chi connectivity index (χ2n) is 4.00. The van der Waals surface area contributed by atoms with Gasteiger partial charge in [0.25, 0.3) is 0 Å². The summed E-state index contributed by atoms with van der Waals surface area (Å²) in [5.74, 6) is 1.56. The van der Waals surface area contributed by atoms with E-state index in [-0.39, 0.29) is 0 Å². The van der Waals surface area contributed by atoms with E-state index in [2.05, 4.69) is 55.6 Å². The summed E-state index contributed by atoms with van der Waals surface area (Å²) in [6.07, 6.45) is 1.75. The van der Waals surface area contributed by atoms with Crippen molar-refractivity contribution in [2.75, 3.05) is 12.4 Å². The van der Waals surface area contributed by atoms with E-state index in [1.54, 1.807) is 6.20 Å². The zero-order valence-electron chi connectivity index (χ0n) is 10.4. The molecule has 0 unspecified atom stereocenters. The number of aromatic nitrogens is 2. The van der Waals surface area contributed by atoms with Gasteiger partial charge in [0.05, 0.1) is 12.2 Å². The van der Waals surface area contributed by atoms with Crippen molar-refractivity contribution in [2.24, 2.45) is 0 Å². The normalized spacial score (nSPS) is 10.4. The van der Waals surface area contributed by atoms with Crippen molar-refractivity contribution < 1.29 is 0 Å². The highest BCUT2D eigenvalue weighted by atomic mass is 79.9. The largest absolute Gasteiger partial charge is 0.339 e. The smallest absolute Gasteiger partial charge is 0.144 e. The molecule has 2 rings (SSSR count). The minimum atomic E-state index is 0.657. The molecule has 0 aliphatic carbocycles. The molecule has 94 valence electrons. The average molecular weight is 307 g/mol. The van der Waals surface area contributed by atoms with E-state index >= 15 is 0 Å². The van der Waals surface area contributed by atoms with Gasteiger partial charge in [-0.3, -0.25) is 0 Å². The number of rotatable bonds is 4. The van der Waals surface area contributed by atoms with Crippen LogP contribution in [-0.2, 0) is 6.54 Å². The van der Waals surface area contributed by atoms with E-state index in [0.717, 1.165) is 21.8 Å². The van der Waals surface area contributed by atoms with E-state index in [4.69, 9.17) is 0 Å². The Morgan fingerprint density at radius 1 is 1.28 bits per heavy atom. The summed E-state index contributed by atoms with van der Waals surface area (Å²) in [7, 11) is 1.88. The molecule has 0 saturated heterocycles. The molecular weight excluding hydrogens is 292 g/mol. The average Bonchev–Trinajstić information content (AvgIpc) is 2.34. The van der Waals surface area contributed by atoms with E-state index in [0.29, 0.717) is 6.54 Å². The van der Waals surface area contributed by atoms with Crippen LogP contribution in [0.25, 0.3) is 0 Å². The van der Waals surface area contributed by atoms with Gasteiger partial charge in [-0.2, -0.15) is 0 Å². The molecule has 18 heavy (non-hydrogen) atoms. The van der Waals surface area contributed by atoms with Crippen LogP contribution >= 0.6 is 15.9 Å². The lowest BCUT2D eigenvalue weighted by atomic mass is 10.2. The predicted molar refractivity (Wildman–Crippen MR) is 77.0 cm³/mol. The molecule has 1 aromatic carbocycles. The van der Waals surface area contributed by atoms with Gasteiger partial charge in [0.15, 0.2) is 0 Å². The van der Waals surface area contributed by atoms with Gasteiger partial charge in [0, 0.05) is 10.7 Å². The Morgan fingerprint density at radius 2 is 2.11 bits per heavy atom. The number of hydrogen-bond donors (Lipinski definition) is 2. The van der Waals surface area contributed by atoms with Gasteiger partial charge in [-0.05, 0) is 53.7 Å². The summed E-state index contributed by atoms with van der Waals surface area (Å²) in [4.78, 5) is 8.60. The second-order valence-corrected chi connectivity index (χ2v) is 4.85. The maximum Gasteiger partial charge on any atom is 0.144 e. The van der Waals surface area contributed by atoms with Crippen LogP contribution in [0, 0.1) is 6.92 Å². The molecule has 4 nitrogen and oxygen atoms in total. The third kappa shape index (κ3) is 3.27. The summed E-state index contributed by atoms with van der Waals surface area (Å²) in [5.41, 5.74) is 2.21. The van der Waals surface area contributed by atoms with E-state index in [9.17, 15) is 0 Å². The van der Waals surface area contributed by atoms with Gasteiger partial charge in [0.1, 0.15) is 11.6 Å². The Balaban J connectivity index is 2.20.